The van der Waals surface area contributed by atoms with Crippen molar-refractivity contribution >= 4 is 11.9 Å². The number of rotatable bonds is 4. The van der Waals surface area contributed by atoms with Crippen LogP contribution in [0.25, 0.3) is 0 Å². The summed E-state index contributed by atoms with van der Waals surface area (Å²) in [6.07, 6.45) is 11.1. The Kier molecular flexibility index (Phi) is 5.28. The van der Waals surface area contributed by atoms with Crippen molar-refractivity contribution in [1.82, 2.24) is 30.3 Å². The number of nitrogens with two attached hydrogens (primary N) is 1. The lowest BCUT2D eigenvalue weighted by Crippen LogP contribution is -2.48. The van der Waals surface area contributed by atoms with Gasteiger partial charge in [-0.2, -0.15) is 0 Å². The molecule has 9 nitrogen and oxygen atoms in total. The fraction of sp³-hybridized carbons (Fsp3) is 0.611. The summed E-state index contributed by atoms with van der Waals surface area (Å²) in [5, 5.41) is 11.3. The molecule has 9 heteroatoms. The highest BCUT2D eigenvalue weighted by Crippen LogP contribution is 2.26. The lowest BCUT2D eigenvalue weighted by atomic mass is 9.92. The van der Waals surface area contributed by atoms with Crippen LogP contribution >= 0.6 is 0 Å². The van der Waals surface area contributed by atoms with E-state index in [1.807, 2.05) is 4.68 Å². The summed E-state index contributed by atoms with van der Waals surface area (Å²) >= 11 is 0. The summed E-state index contributed by atoms with van der Waals surface area (Å²) in [7, 11) is 0. The van der Waals surface area contributed by atoms with E-state index in [0.717, 1.165) is 45.1 Å². The summed E-state index contributed by atoms with van der Waals surface area (Å²) in [5.74, 6) is 0.535. The molecule has 0 radical (unpaired) electrons. The Morgan fingerprint density at radius 3 is 2.70 bits per heavy atom. The third-order valence-electron chi connectivity index (χ3n) is 5.45. The summed E-state index contributed by atoms with van der Waals surface area (Å²) in [4.78, 5) is 23.3. The van der Waals surface area contributed by atoms with Crippen molar-refractivity contribution in [2.24, 2.45) is 5.73 Å². The van der Waals surface area contributed by atoms with Gasteiger partial charge in [0.25, 0.3) is 5.91 Å². The number of carbonyl (C=O) groups is 1. The number of carbonyl (C=O) groups excluding carboxylic acids is 1. The summed E-state index contributed by atoms with van der Waals surface area (Å²) in [6, 6.07) is 2.43. The summed E-state index contributed by atoms with van der Waals surface area (Å²) in [6.45, 7) is 1.60. The zero-order valence-electron chi connectivity index (χ0n) is 15.4. The molecular formula is C18H26N8O. The maximum Gasteiger partial charge on any atom is 0.273 e. The summed E-state index contributed by atoms with van der Waals surface area (Å²) < 4.78 is 1.83. The minimum Gasteiger partial charge on any atom is -0.346 e. The van der Waals surface area contributed by atoms with Gasteiger partial charge in [-0.3, -0.25) is 4.79 Å². The predicted molar refractivity (Wildman–Crippen MR) is 100 cm³/mol. The molecule has 2 fully saturated rings. The van der Waals surface area contributed by atoms with Crippen molar-refractivity contribution in [2.45, 2.75) is 56.7 Å². The van der Waals surface area contributed by atoms with Crippen molar-refractivity contribution < 1.29 is 4.79 Å². The van der Waals surface area contributed by atoms with E-state index in [4.69, 9.17) is 5.73 Å². The topological polar surface area (TPSA) is 115 Å². The lowest BCUT2D eigenvalue weighted by molar-refractivity contribution is 0.0928. The number of hydrogen-bond acceptors (Lipinski definition) is 7. The monoisotopic (exact) mass is 370 g/mol. The van der Waals surface area contributed by atoms with E-state index in [9.17, 15) is 4.79 Å². The van der Waals surface area contributed by atoms with E-state index in [2.05, 4.69) is 30.5 Å². The van der Waals surface area contributed by atoms with E-state index in [1.54, 1.807) is 24.7 Å². The molecule has 1 saturated carbocycles. The van der Waals surface area contributed by atoms with Gasteiger partial charge in [-0.25, -0.2) is 14.6 Å². The third kappa shape index (κ3) is 4.24. The minimum atomic E-state index is -0.172. The first kappa shape index (κ1) is 17.8. The smallest absolute Gasteiger partial charge is 0.273 e. The number of hydrogen-bond donors (Lipinski definition) is 2. The molecule has 1 aliphatic carbocycles. The molecule has 2 aromatic rings. The Hall–Kier alpha value is -2.55. The Morgan fingerprint density at radius 2 is 1.93 bits per heavy atom. The van der Waals surface area contributed by atoms with E-state index < -0.39 is 0 Å². The van der Waals surface area contributed by atoms with Crippen LogP contribution in [0.5, 0.6) is 0 Å². The third-order valence-corrected chi connectivity index (χ3v) is 5.45. The highest BCUT2D eigenvalue weighted by Gasteiger charge is 2.26. The minimum absolute atomic E-state index is 0.0490. The molecule has 3 N–H and O–H groups in total. The molecular weight excluding hydrogens is 344 g/mol. The number of piperidine rings is 1. The first-order valence-electron chi connectivity index (χ1n) is 9.69. The van der Waals surface area contributed by atoms with Crippen molar-refractivity contribution in [1.29, 1.82) is 0 Å². The molecule has 2 aliphatic rings. The number of amides is 1. The SMILES string of the molecule is NC1CCC(n2cc(C(=O)NC3CCCN(c4ncccn4)C3)nn2)CC1. The number of nitrogens with zero attached hydrogens (tertiary/aromatic N) is 6. The molecule has 1 saturated heterocycles. The van der Waals surface area contributed by atoms with Gasteiger partial charge in [-0.05, 0) is 44.6 Å². The Balaban J connectivity index is 1.35. The van der Waals surface area contributed by atoms with Crippen LogP contribution in [-0.2, 0) is 0 Å². The van der Waals surface area contributed by atoms with Gasteiger partial charge in [0.15, 0.2) is 5.69 Å². The zero-order valence-corrected chi connectivity index (χ0v) is 15.4. The molecule has 1 aliphatic heterocycles. The van der Waals surface area contributed by atoms with Crippen molar-refractivity contribution in [2.75, 3.05) is 18.0 Å². The molecule has 1 amide bonds. The van der Waals surface area contributed by atoms with Crippen LogP contribution < -0.4 is 16.0 Å². The second kappa shape index (κ2) is 7.99. The van der Waals surface area contributed by atoms with Crippen molar-refractivity contribution in [3.63, 3.8) is 0 Å². The molecule has 1 unspecified atom stereocenters. The highest BCUT2D eigenvalue weighted by molar-refractivity contribution is 5.92. The number of nitrogens with one attached hydrogen (secondary N) is 1. The van der Waals surface area contributed by atoms with Gasteiger partial charge in [0.05, 0.1) is 12.2 Å². The van der Waals surface area contributed by atoms with Crippen LogP contribution in [0.3, 0.4) is 0 Å². The number of aromatic nitrogens is 5. The van der Waals surface area contributed by atoms with Crippen LogP contribution in [0, 0.1) is 0 Å². The fourth-order valence-electron chi connectivity index (χ4n) is 3.92. The quantitative estimate of drug-likeness (QED) is 0.822. The maximum absolute atomic E-state index is 12.6. The van der Waals surface area contributed by atoms with Gasteiger partial charge in [0, 0.05) is 37.6 Å². The van der Waals surface area contributed by atoms with Crippen molar-refractivity contribution in [3.8, 4) is 0 Å². The standard InChI is InChI=1S/C18H26N8O/c19-13-4-6-15(7-5-13)26-12-16(23-24-26)17(27)22-14-3-1-10-25(11-14)18-20-8-2-9-21-18/h2,8-9,12-15H,1,3-7,10-11,19H2,(H,22,27). The van der Waals surface area contributed by atoms with Crippen LogP contribution in [0.2, 0.25) is 0 Å². The Morgan fingerprint density at radius 1 is 1.15 bits per heavy atom. The van der Waals surface area contributed by atoms with E-state index in [-0.39, 0.29) is 18.0 Å². The first-order valence-corrected chi connectivity index (χ1v) is 9.69. The first-order chi connectivity index (χ1) is 13.2. The zero-order chi connectivity index (χ0) is 18.6. The normalized spacial score (nSPS) is 26.0. The molecule has 144 valence electrons. The molecule has 0 bridgehead atoms. The van der Waals surface area contributed by atoms with Crippen LogP contribution in [0.15, 0.2) is 24.7 Å². The van der Waals surface area contributed by atoms with Crippen LogP contribution in [-0.4, -0.2) is 56.0 Å². The highest BCUT2D eigenvalue weighted by atomic mass is 16.2. The fourth-order valence-corrected chi connectivity index (χ4v) is 3.92. The lowest BCUT2D eigenvalue weighted by Gasteiger charge is -2.32. The maximum atomic E-state index is 12.6. The van der Waals surface area contributed by atoms with Crippen LogP contribution in [0.4, 0.5) is 5.95 Å². The van der Waals surface area contributed by atoms with Gasteiger partial charge in [-0.15, -0.1) is 5.10 Å². The van der Waals surface area contributed by atoms with E-state index >= 15 is 0 Å². The second-order valence-corrected chi connectivity index (χ2v) is 7.46. The molecule has 27 heavy (non-hydrogen) atoms. The Bertz CT molecular complexity index is 756. The molecule has 1 atom stereocenters. The molecule has 4 rings (SSSR count). The van der Waals surface area contributed by atoms with Gasteiger partial charge < -0.3 is 16.0 Å². The molecule has 3 heterocycles. The van der Waals surface area contributed by atoms with E-state index in [1.165, 1.54) is 0 Å². The van der Waals surface area contributed by atoms with Crippen molar-refractivity contribution in [3.05, 3.63) is 30.4 Å². The van der Waals surface area contributed by atoms with Gasteiger partial charge in [0.1, 0.15) is 0 Å². The van der Waals surface area contributed by atoms with Gasteiger partial charge in [0.2, 0.25) is 5.95 Å². The average Bonchev–Trinajstić information content (AvgIpc) is 3.20. The largest absolute Gasteiger partial charge is 0.346 e. The van der Waals surface area contributed by atoms with E-state index in [0.29, 0.717) is 24.2 Å². The Labute approximate surface area is 158 Å². The van der Waals surface area contributed by atoms with Gasteiger partial charge in [-0.1, -0.05) is 5.21 Å². The molecule has 0 aromatic carbocycles. The number of anilines is 1. The molecule has 2 aromatic heterocycles. The van der Waals surface area contributed by atoms with Crippen LogP contribution in [0.1, 0.15) is 55.1 Å². The van der Waals surface area contributed by atoms with Gasteiger partial charge >= 0.3 is 0 Å². The summed E-state index contributed by atoms with van der Waals surface area (Å²) in [5.41, 5.74) is 6.34. The average molecular weight is 370 g/mol. The molecule has 0 spiro atoms. The second-order valence-electron chi connectivity index (χ2n) is 7.46. The predicted octanol–water partition coefficient (Wildman–Crippen LogP) is 0.909.